The number of fused-ring (bicyclic) bond motifs is 1. The average Bonchev–Trinajstić information content (AvgIpc) is 3.33. The zero-order valence-corrected chi connectivity index (χ0v) is 19.0. The van der Waals surface area contributed by atoms with Crippen molar-refractivity contribution >= 4 is 45.1 Å². The monoisotopic (exact) mass is 455 g/mol. The number of hydrogen-bond donors (Lipinski definition) is 1. The normalized spacial score (nSPS) is 11.3. The fraction of sp³-hybridized carbons (Fsp3) is 0.273. The minimum absolute atomic E-state index is 0.247. The molecule has 0 atom stereocenters. The molecule has 0 aliphatic carbocycles. The van der Waals surface area contributed by atoms with E-state index in [0.29, 0.717) is 41.0 Å². The number of carbonyl (C=O) groups excluding carboxylic acids is 1. The van der Waals surface area contributed by atoms with E-state index in [0.717, 1.165) is 21.7 Å². The molecule has 7 nitrogen and oxygen atoms in total. The molecule has 0 aliphatic rings. The highest BCUT2D eigenvalue weighted by atomic mass is 35.5. The number of nitrogens with one attached hydrogen (secondary N) is 1. The zero-order chi connectivity index (χ0) is 22.0. The Morgan fingerprint density at radius 2 is 2.06 bits per heavy atom. The molecule has 0 bridgehead atoms. The number of rotatable bonds is 7. The van der Waals surface area contributed by atoms with Crippen LogP contribution in [-0.2, 0) is 6.54 Å². The lowest BCUT2D eigenvalue weighted by Gasteiger charge is -2.14. The standard InChI is InChI=1S/C22H22ClN5O2S/c1-13(2)12-30-19-6-5-17(23)9-16(19)11-28-14(3)8-21(26-28)24-22(29)15-4-7-20-18(10-15)25-27-31-20/h4-10,13H,11-12H2,1-3H3,(H,24,26,29). The van der Waals surface area contributed by atoms with E-state index < -0.39 is 0 Å². The summed E-state index contributed by atoms with van der Waals surface area (Å²) in [6, 6.07) is 12.7. The average molecular weight is 456 g/mol. The van der Waals surface area contributed by atoms with Crippen LogP contribution in [-0.4, -0.2) is 31.9 Å². The number of ether oxygens (including phenoxy) is 1. The summed E-state index contributed by atoms with van der Waals surface area (Å²) in [5.74, 6) is 1.42. The highest BCUT2D eigenvalue weighted by Gasteiger charge is 2.14. The molecule has 160 valence electrons. The maximum Gasteiger partial charge on any atom is 0.256 e. The first kappa shape index (κ1) is 21.3. The number of carbonyl (C=O) groups is 1. The summed E-state index contributed by atoms with van der Waals surface area (Å²) in [7, 11) is 0. The molecule has 1 N–H and O–H groups in total. The Balaban J connectivity index is 1.51. The van der Waals surface area contributed by atoms with Crippen LogP contribution in [0.15, 0.2) is 42.5 Å². The topological polar surface area (TPSA) is 81.9 Å². The first-order valence-corrected chi connectivity index (χ1v) is 11.0. The predicted molar refractivity (Wildman–Crippen MR) is 123 cm³/mol. The third kappa shape index (κ3) is 5.03. The summed E-state index contributed by atoms with van der Waals surface area (Å²) >= 11 is 7.51. The van der Waals surface area contributed by atoms with Crippen molar-refractivity contribution in [1.29, 1.82) is 0 Å². The molecular weight excluding hydrogens is 434 g/mol. The van der Waals surface area contributed by atoms with Crippen molar-refractivity contribution in [3.8, 4) is 5.75 Å². The van der Waals surface area contributed by atoms with Crippen molar-refractivity contribution in [2.75, 3.05) is 11.9 Å². The Morgan fingerprint density at radius 3 is 2.87 bits per heavy atom. The minimum Gasteiger partial charge on any atom is -0.493 e. The molecular formula is C22H22ClN5O2S. The van der Waals surface area contributed by atoms with Gasteiger partial charge < -0.3 is 10.1 Å². The van der Waals surface area contributed by atoms with Crippen molar-refractivity contribution in [3.05, 3.63) is 64.3 Å². The number of halogens is 1. The van der Waals surface area contributed by atoms with Gasteiger partial charge in [-0.1, -0.05) is 29.9 Å². The zero-order valence-electron chi connectivity index (χ0n) is 17.4. The van der Waals surface area contributed by atoms with Crippen LogP contribution in [0.25, 0.3) is 10.2 Å². The summed E-state index contributed by atoms with van der Waals surface area (Å²) in [5.41, 5.74) is 3.05. The second-order valence-corrected chi connectivity index (χ2v) is 8.92. The SMILES string of the molecule is Cc1cc(NC(=O)c2ccc3snnc3c2)nn1Cc1cc(Cl)ccc1OCC(C)C. The number of anilines is 1. The van der Waals surface area contributed by atoms with Gasteiger partial charge in [-0.25, -0.2) is 0 Å². The third-order valence-corrected chi connectivity index (χ3v) is 5.59. The first-order valence-electron chi connectivity index (χ1n) is 9.88. The van der Waals surface area contributed by atoms with Gasteiger partial charge >= 0.3 is 0 Å². The molecule has 0 aliphatic heterocycles. The van der Waals surface area contributed by atoms with Crippen LogP contribution in [0.5, 0.6) is 5.75 Å². The molecule has 0 fully saturated rings. The molecule has 0 saturated heterocycles. The molecule has 4 rings (SSSR count). The Morgan fingerprint density at radius 1 is 1.23 bits per heavy atom. The lowest BCUT2D eigenvalue weighted by Crippen LogP contribution is -2.13. The van der Waals surface area contributed by atoms with Gasteiger partial charge in [0.1, 0.15) is 11.3 Å². The van der Waals surface area contributed by atoms with Crippen LogP contribution in [0.1, 0.15) is 35.5 Å². The van der Waals surface area contributed by atoms with E-state index in [1.165, 1.54) is 11.5 Å². The van der Waals surface area contributed by atoms with Gasteiger partial charge in [-0.15, -0.1) is 5.10 Å². The van der Waals surface area contributed by atoms with Crippen LogP contribution in [0.3, 0.4) is 0 Å². The molecule has 2 aromatic carbocycles. The molecule has 0 radical (unpaired) electrons. The Labute approximate surface area is 189 Å². The van der Waals surface area contributed by atoms with Crippen LogP contribution in [0, 0.1) is 12.8 Å². The molecule has 0 spiro atoms. The number of benzene rings is 2. The fourth-order valence-corrected chi connectivity index (χ4v) is 3.81. The summed E-state index contributed by atoms with van der Waals surface area (Å²) in [5, 5.41) is 12.1. The van der Waals surface area contributed by atoms with Gasteiger partial charge in [0.25, 0.3) is 5.91 Å². The molecule has 2 aromatic heterocycles. The maximum atomic E-state index is 12.7. The fourth-order valence-electron chi connectivity index (χ4n) is 3.07. The number of amides is 1. The summed E-state index contributed by atoms with van der Waals surface area (Å²) in [6.07, 6.45) is 0. The number of aromatic nitrogens is 4. The van der Waals surface area contributed by atoms with E-state index >= 15 is 0 Å². The molecule has 1 amide bonds. The number of hydrogen-bond acceptors (Lipinski definition) is 6. The van der Waals surface area contributed by atoms with Crippen molar-refractivity contribution < 1.29 is 9.53 Å². The third-order valence-electron chi connectivity index (χ3n) is 4.65. The van der Waals surface area contributed by atoms with Crippen LogP contribution in [0.2, 0.25) is 5.02 Å². The first-order chi connectivity index (χ1) is 14.9. The highest BCUT2D eigenvalue weighted by Crippen LogP contribution is 2.25. The van der Waals surface area contributed by atoms with Crippen molar-refractivity contribution in [1.82, 2.24) is 19.4 Å². The molecule has 4 aromatic rings. The van der Waals surface area contributed by atoms with E-state index in [1.807, 2.05) is 41.9 Å². The lowest BCUT2D eigenvalue weighted by atomic mass is 10.2. The van der Waals surface area contributed by atoms with Crippen LogP contribution >= 0.6 is 23.1 Å². The van der Waals surface area contributed by atoms with Gasteiger partial charge in [0.05, 0.1) is 17.9 Å². The van der Waals surface area contributed by atoms with Crippen LogP contribution < -0.4 is 10.1 Å². The predicted octanol–water partition coefficient (Wildman–Crippen LogP) is 5.19. The molecule has 0 saturated carbocycles. The maximum absolute atomic E-state index is 12.7. The number of nitrogens with zero attached hydrogens (tertiary/aromatic N) is 4. The summed E-state index contributed by atoms with van der Waals surface area (Å²) in [4.78, 5) is 12.7. The van der Waals surface area contributed by atoms with Gasteiger partial charge in [-0.3, -0.25) is 9.48 Å². The molecule has 2 heterocycles. The van der Waals surface area contributed by atoms with E-state index in [4.69, 9.17) is 16.3 Å². The Hall–Kier alpha value is -2.97. The van der Waals surface area contributed by atoms with Crippen molar-refractivity contribution in [2.45, 2.75) is 27.3 Å². The Bertz CT molecular complexity index is 1230. The van der Waals surface area contributed by atoms with E-state index in [2.05, 4.69) is 33.8 Å². The number of aryl methyl sites for hydroxylation is 1. The smallest absolute Gasteiger partial charge is 0.256 e. The van der Waals surface area contributed by atoms with E-state index in [1.54, 1.807) is 12.1 Å². The van der Waals surface area contributed by atoms with Gasteiger partial charge in [0, 0.05) is 27.9 Å². The lowest BCUT2D eigenvalue weighted by molar-refractivity contribution is 0.102. The summed E-state index contributed by atoms with van der Waals surface area (Å²) < 4.78 is 12.6. The molecule has 0 unspecified atom stereocenters. The minimum atomic E-state index is -0.247. The van der Waals surface area contributed by atoms with Crippen molar-refractivity contribution in [2.24, 2.45) is 5.92 Å². The van der Waals surface area contributed by atoms with Crippen molar-refractivity contribution in [3.63, 3.8) is 0 Å². The summed E-state index contributed by atoms with van der Waals surface area (Å²) in [6.45, 7) is 7.24. The van der Waals surface area contributed by atoms with Gasteiger partial charge in [-0.2, -0.15) is 5.10 Å². The van der Waals surface area contributed by atoms with Gasteiger partial charge in [0.2, 0.25) is 0 Å². The highest BCUT2D eigenvalue weighted by molar-refractivity contribution is 7.12. The van der Waals surface area contributed by atoms with Gasteiger partial charge in [0.15, 0.2) is 5.82 Å². The second-order valence-electron chi connectivity index (χ2n) is 7.70. The second kappa shape index (κ2) is 9.03. The van der Waals surface area contributed by atoms with Gasteiger partial charge in [-0.05, 0) is 60.8 Å². The molecule has 9 heteroatoms. The quantitative estimate of drug-likeness (QED) is 0.415. The largest absolute Gasteiger partial charge is 0.493 e. The van der Waals surface area contributed by atoms with E-state index in [9.17, 15) is 4.79 Å². The van der Waals surface area contributed by atoms with Crippen LogP contribution in [0.4, 0.5) is 5.82 Å². The molecule has 31 heavy (non-hydrogen) atoms. The Kier molecular flexibility index (Phi) is 6.20. The van der Waals surface area contributed by atoms with E-state index in [-0.39, 0.29) is 5.91 Å².